The molecule has 2 saturated carbocycles. The molecule has 3 N–H and O–H groups in total. The normalized spacial score (nSPS) is 27.9. The van der Waals surface area contributed by atoms with Gasteiger partial charge in [-0.1, -0.05) is 12.5 Å². The molecule has 2 atom stereocenters. The summed E-state index contributed by atoms with van der Waals surface area (Å²) in [7, 11) is 0. The van der Waals surface area contributed by atoms with E-state index < -0.39 is 23.1 Å². The summed E-state index contributed by atoms with van der Waals surface area (Å²) in [4.78, 5) is 0. The molecule has 0 spiro atoms. The summed E-state index contributed by atoms with van der Waals surface area (Å²) in [6, 6.07) is 3.48. The van der Waals surface area contributed by atoms with Gasteiger partial charge in [0.2, 0.25) is 0 Å². The van der Waals surface area contributed by atoms with Crippen LogP contribution in [0.1, 0.15) is 43.2 Å². The molecule has 116 valence electrons. The zero-order valence-corrected chi connectivity index (χ0v) is 11.5. The van der Waals surface area contributed by atoms with E-state index in [0.717, 1.165) is 44.2 Å². The molecule has 0 bridgehead atoms. The fourth-order valence-corrected chi connectivity index (χ4v) is 3.20. The topological polar surface area (TPSA) is 38.0 Å². The third-order valence-electron chi connectivity index (χ3n) is 4.61. The summed E-state index contributed by atoms with van der Waals surface area (Å²) >= 11 is 0. The maximum absolute atomic E-state index is 13.4. The van der Waals surface area contributed by atoms with Gasteiger partial charge >= 0.3 is 6.18 Å². The molecule has 0 saturated heterocycles. The first kappa shape index (κ1) is 14.8. The predicted molar refractivity (Wildman–Crippen MR) is 71.1 cm³/mol. The molecule has 3 rings (SSSR count). The molecule has 0 radical (unpaired) electrons. The minimum atomic E-state index is -4.67. The van der Waals surface area contributed by atoms with Crippen LogP contribution in [-0.2, 0) is 11.7 Å². The predicted octanol–water partition coefficient (Wildman–Crippen LogP) is 3.30. The van der Waals surface area contributed by atoms with E-state index >= 15 is 0 Å². The average molecular weight is 302 g/mol. The highest BCUT2D eigenvalue weighted by Gasteiger charge is 2.48. The first-order valence-electron chi connectivity index (χ1n) is 7.22. The van der Waals surface area contributed by atoms with E-state index in [1.54, 1.807) is 0 Å². The van der Waals surface area contributed by atoms with Crippen molar-refractivity contribution in [2.75, 3.05) is 0 Å². The standard InChI is InChI=1S/C15H18F4N2/c16-11-5-4-9(8-10(11)15(17,18)19)14(6-7-14)21-13-3-1-2-12(13)20/h4-5,8,12-13,21H,1-3,6-7,20H2/t12?,13-/m0/s1. The number of nitrogens with two attached hydrogens (primary N) is 1. The number of alkyl halides is 3. The quantitative estimate of drug-likeness (QED) is 0.841. The first-order chi connectivity index (χ1) is 9.82. The molecule has 1 unspecified atom stereocenters. The third kappa shape index (κ3) is 2.79. The molecule has 2 aliphatic carbocycles. The molecular formula is C15H18F4N2. The van der Waals surface area contributed by atoms with E-state index in [4.69, 9.17) is 5.73 Å². The van der Waals surface area contributed by atoms with Crippen molar-refractivity contribution in [3.63, 3.8) is 0 Å². The number of hydrogen-bond acceptors (Lipinski definition) is 2. The summed E-state index contributed by atoms with van der Waals surface area (Å²) < 4.78 is 51.9. The number of benzene rings is 1. The highest BCUT2D eigenvalue weighted by molar-refractivity contribution is 5.36. The van der Waals surface area contributed by atoms with Crippen LogP contribution in [0, 0.1) is 5.82 Å². The molecule has 6 heteroatoms. The number of nitrogens with one attached hydrogen (secondary N) is 1. The molecule has 2 nitrogen and oxygen atoms in total. The van der Waals surface area contributed by atoms with Gasteiger partial charge < -0.3 is 11.1 Å². The average Bonchev–Trinajstić information content (AvgIpc) is 3.07. The van der Waals surface area contributed by atoms with Crippen LogP contribution in [0.2, 0.25) is 0 Å². The first-order valence-corrected chi connectivity index (χ1v) is 7.22. The molecule has 2 fully saturated rings. The van der Waals surface area contributed by atoms with Crippen molar-refractivity contribution in [3.8, 4) is 0 Å². The van der Waals surface area contributed by atoms with E-state index in [1.165, 1.54) is 6.07 Å². The Labute approximate surface area is 120 Å². The Morgan fingerprint density at radius 3 is 2.43 bits per heavy atom. The van der Waals surface area contributed by atoms with Gasteiger partial charge in [0.15, 0.2) is 0 Å². The monoisotopic (exact) mass is 302 g/mol. The van der Waals surface area contributed by atoms with Gasteiger partial charge in [0.1, 0.15) is 5.82 Å². The fraction of sp³-hybridized carbons (Fsp3) is 0.600. The Bertz CT molecular complexity index is 537. The second-order valence-corrected chi connectivity index (χ2v) is 6.12. The number of rotatable bonds is 3. The highest BCUT2D eigenvalue weighted by Crippen LogP contribution is 2.48. The van der Waals surface area contributed by atoms with E-state index in [9.17, 15) is 17.6 Å². The zero-order valence-electron chi connectivity index (χ0n) is 11.5. The summed E-state index contributed by atoms with van der Waals surface area (Å²) in [5.74, 6) is -1.22. The molecule has 2 aliphatic rings. The van der Waals surface area contributed by atoms with Crippen LogP contribution in [0.4, 0.5) is 17.6 Å². The van der Waals surface area contributed by atoms with Crippen molar-refractivity contribution in [3.05, 3.63) is 35.1 Å². The van der Waals surface area contributed by atoms with E-state index in [2.05, 4.69) is 5.32 Å². The Balaban J connectivity index is 1.86. The minimum absolute atomic E-state index is 0.0463. The maximum atomic E-state index is 13.4. The van der Waals surface area contributed by atoms with Gasteiger partial charge in [-0.2, -0.15) is 13.2 Å². The highest BCUT2D eigenvalue weighted by atomic mass is 19.4. The lowest BCUT2D eigenvalue weighted by molar-refractivity contribution is -0.140. The second kappa shape index (κ2) is 4.95. The largest absolute Gasteiger partial charge is 0.419 e. The van der Waals surface area contributed by atoms with Gasteiger partial charge in [0.25, 0.3) is 0 Å². The number of hydrogen-bond donors (Lipinski definition) is 2. The van der Waals surface area contributed by atoms with Gasteiger partial charge in [-0.25, -0.2) is 4.39 Å². The van der Waals surface area contributed by atoms with Gasteiger partial charge in [-0.15, -0.1) is 0 Å². The van der Waals surface area contributed by atoms with Gasteiger partial charge in [-0.05, 0) is 43.4 Å². The van der Waals surface area contributed by atoms with E-state index in [0.29, 0.717) is 5.56 Å². The summed E-state index contributed by atoms with van der Waals surface area (Å²) in [5, 5.41) is 3.42. The molecule has 0 aliphatic heterocycles. The van der Waals surface area contributed by atoms with Crippen LogP contribution in [0.5, 0.6) is 0 Å². The minimum Gasteiger partial charge on any atom is -0.326 e. The molecule has 0 amide bonds. The smallest absolute Gasteiger partial charge is 0.326 e. The lowest BCUT2D eigenvalue weighted by Gasteiger charge is -2.26. The van der Waals surface area contributed by atoms with Crippen molar-refractivity contribution in [2.45, 2.75) is 55.9 Å². The van der Waals surface area contributed by atoms with Crippen molar-refractivity contribution in [1.82, 2.24) is 5.32 Å². The molecule has 1 aromatic carbocycles. The van der Waals surface area contributed by atoms with Gasteiger partial charge in [0, 0.05) is 17.6 Å². The summed E-state index contributed by atoms with van der Waals surface area (Å²) in [5.41, 5.74) is 4.87. The fourth-order valence-electron chi connectivity index (χ4n) is 3.20. The Hall–Kier alpha value is -1.14. The van der Waals surface area contributed by atoms with E-state index in [-0.39, 0.29) is 12.1 Å². The number of halogens is 4. The Morgan fingerprint density at radius 2 is 1.90 bits per heavy atom. The third-order valence-corrected chi connectivity index (χ3v) is 4.61. The lowest BCUT2D eigenvalue weighted by Crippen LogP contribution is -2.46. The van der Waals surface area contributed by atoms with Gasteiger partial charge in [-0.3, -0.25) is 0 Å². The summed E-state index contributed by atoms with van der Waals surface area (Å²) in [6.07, 6.45) is -0.231. The zero-order chi connectivity index (χ0) is 15.3. The summed E-state index contributed by atoms with van der Waals surface area (Å²) in [6.45, 7) is 0. The molecule has 0 aromatic heterocycles. The molecule has 21 heavy (non-hydrogen) atoms. The van der Waals surface area contributed by atoms with Crippen LogP contribution in [-0.4, -0.2) is 12.1 Å². The second-order valence-electron chi connectivity index (χ2n) is 6.12. The van der Waals surface area contributed by atoms with E-state index in [1.807, 2.05) is 0 Å². The van der Waals surface area contributed by atoms with Crippen LogP contribution in [0.25, 0.3) is 0 Å². The van der Waals surface area contributed by atoms with Crippen LogP contribution < -0.4 is 11.1 Å². The van der Waals surface area contributed by atoms with Gasteiger partial charge in [0.05, 0.1) is 5.56 Å². The van der Waals surface area contributed by atoms with Crippen LogP contribution >= 0.6 is 0 Å². The van der Waals surface area contributed by atoms with Crippen LogP contribution in [0.3, 0.4) is 0 Å². The Kier molecular flexibility index (Phi) is 3.48. The Morgan fingerprint density at radius 1 is 1.19 bits per heavy atom. The van der Waals surface area contributed by atoms with Crippen molar-refractivity contribution < 1.29 is 17.6 Å². The van der Waals surface area contributed by atoms with Crippen LogP contribution in [0.15, 0.2) is 18.2 Å². The molecule has 0 heterocycles. The molecular weight excluding hydrogens is 284 g/mol. The van der Waals surface area contributed by atoms with Crippen molar-refractivity contribution in [2.24, 2.45) is 5.73 Å². The van der Waals surface area contributed by atoms with Crippen molar-refractivity contribution >= 4 is 0 Å². The lowest BCUT2D eigenvalue weighted by atomic mass is 9.99. The van der Waals surface area contributed by atoms with Crippen molar-refractivity contribution in [1.29, 1.82) is 0 Å². The maximum Gasteiger partial charge on any atom is 0.419 e. The SMILES string of the molecule is NC1CCC[C@@H]1NC1(c2ccc(F)c(C(F)(F)F)c2)CC1. The molecule has 1 aromatic rings.